The minimum atomic E-state index is -0.244. The second-order valence-corrected chi connectivity index (χ2v) is 7.00. The Hall–Kier alpha value is -2.11. The number of hydrogen-bond donors (Lipinski definition) is 0. The van der Waals surface area contributed by atoms with Crippen LogP contribution in [0.5, 0.6) is 0 Å². The predicted octanol–water partition coefficient (Wildman–Crippen LogP) is 3.12. The fourth-order valence-electron chi connectivity index (χ4n) is 3.48. The highest BCUT2D eigenvalue weighted by molar-refractivity contribution is 6.30. The van der Waals surface area contributed by atoms with Gasteiger partial charge in [-0.1, -0.05) is 30.7 Å². The van der Waals surface area contributed by atoms with Crippen molar-refractivity contribution in [3.8, 4) is 0 Å². The molecule has 5 nitrogen and oxygen atoms in total. The summed E-state index contributed by atoms with van der Waals surface area (Å²) in [4.78, 5) is 27.3. The van der Waals surface area contributed by atoms with Crippen molar-refractivity contribution in [2.75, 3.05) is 19.7 Å². The fraction of sp³-hybridized carbons (Fsp3) is 0.400. The summed E-state index contributed by atoms with van der Waals surface area (Å²) in [6.07, 6.45) is 0.534. The first-order valence-electron chi connectivity index (χ1n) is 8.78. The molecule has 1 aliphatic heterocycles. The highest BCUT2D eigenvalue weighted by atomic mass is 35.5. The van der Waals surface area contributed by atoms with Crippen molar-refractivity contribution in [1.29, 1.82) is 0 Å². The number of aryl methyl sites for hydroxylation is 1. The molecule has 2 heterocycles. The van der Waals surface area contributed by atoms with Crippen LogP contribution in [-0.2, 0) is 18.2 Å². The van der Waals surface area contributed by atoms with Crippen LogP contribution in [0.25, 0.3) is 0 Å². The number of halogens is 1. The molecule has 1 aromatic heterocycles. The van der Waals surface area contributed by atoms with Crippen molar-refractivity contribution in [2.24, 2.45) is 7.05 Å². The van der Waals surface area contributed by atoms with Crippen molar-refractivity contribution in [3.05, 3.63) is 68.1 Å². The predicted molar refractivity (Wildman–Crippen MR) is 102 cm³/mol. The van der Waals surface area contributed by atoms with Crippen LogP contribution in [0.2, 0.25) is 5.02 Å². The minimum Gasteiger partial charge on any atom is -0.370 e. The molecule has 0 aliphatic carbocycles. The third kappa shape index (κ3) is 3.55. The summed E-state index contributed by atoms with van der Waals surface area (Å²) in [6.45, 7) is 5.26. The van der Waals surface area contributed by atoms with E-state index in [4.69, 9.17) is 16.3 Å². The van der Waals surface area contributed by atoms with E-state index in [9.17, 15) is 9.59 Å². The SMILES string of the molecule is CCc1c(C)cc(C(=O)N2CCO[C@@H](c3ccc(Cl)cc3)C2)c(=O)n1C. The molecule has 0 N–H and O–H groups in total. The monoisotopic (exact) mass is 374 g/mol. The van der Waals surface area contributed by atoms with Crippen molar-refractivity contribution in [3.63, 3.8) is 0 Å². The molecule has 0 spiro atoms. The van der Waals surface area contributed by atoms with E-state index in [0.717, 1.165) is 23.2 Å². The maximum absolute atomic E-state index is 13.0. The zero-order chi connectivity index (χ0) is 18.8. The van der Waals surface area contributed by atoms with Gasteiger partial charge in [0.25, 0.3) is 11.5 Å². The van der Waals surface area contributed by atoms with E-state index in [-0.39, 0.29) is 23.1 Å². The summed E-state index contributed by atoms with van der Waals surface area (Å²) in [5.41, 5.74) is 2.86. The lowest BCUT2D eigenvalue weighted by atomic mass is 10.1. The molecule has 1 fully saturated rings. The summed E-state index contributed by atoms with van der Waals surface area (Å²) in [5, 5.41) is 0.660. The molecule has 2 aromatic rings. The maximum Gasteiger partial charge on any atom is 0.263 e. The third-order valence-electron chi connectivity index (χ3n) is 4.92. The van der Waals surface area contributed by atoms with E-state index in [1.807, 2.05) is 38.1 Å². The van der Waals surface area contributed by atoms with Crippen LogP contribution in [0.4, 0.5) is 0 Å². The topological polar surface area (TPSA) is 51.5 Å². The Balaban J connectivity index is 1.86. The molecule has 26 heavy (non-hydrogen) atoms. The Morgan fingerprint density at radius 1 is 1.31 bits per heavy atom. The van der Waals surface area contributed by atoms with Gasteiger partial charge in [0.2, 0.25) is 0 Å². The first kappa shape index (κ1) is 18.7. The van der Waals surface area contributed by atoms with Gasteiger partial charge in [0.1, 0.15) is 11.7 Å². The van der Waals surface area contributed by atoms with Gasteiger partial charge in [-0.05, 0) is 42.7 Å². The van der Waals surface area contributed by atoms with Crippen molar-refractivity contribution in [1.82, 2.24) is 9.47 Å². The number of carbonyl (C=O) groups is 1. The lowest BCUT2D eigenvalue weighted by molar-refractivity contribution is -0.0229. The number of amides is 1. The third-order valence-corrected chi connectivity index (χ3v) is 5.17. The van der Waals surface area contributed by atoms with Gasteiger partial charge in [-0.2, -0.15) is 0 Å². The Bertz CT molecular complexity index is 874. The van der Waals surface area contributed by atoms with Crippen molar-refractivity contribution in [2.45, 2.75) is 26.4 Å². The molecular formula is C20H23ClN2O3. The molecule has 0 unspecified atom stereocenters. The first-order chi connectivity index (χ1) is 12.4. The van der Waals surface area contributed by atoms with Gasteiger partial charge in [-0.25, -0.2) is 0 Å². The van der Waals surface area contributed by atoms with Gasteiger partial charge in [-0.3, -0.25) is 9.59 Å². The van der Waals surface area contributed by atoms with Crippen LogP contribution < -0.4 is 5.56 Å². The molecule has 0 bridgehead atoms. The molecule has 1 aliphatic rings. The fourth-order valence-corrected chi connectivity index (χ4v) is 3.61. The van der Waals surface area contributed by atoms with Crippen LogP contribution in [-0.4, -0.2) is 35.1 Å². The molecule has 6 heteroatoms. The minimum absolute atomic E-state index is 0.218. The Kier molecular flexibility index (Phi) is 5.49. The zero-order valence-electron chi connectivity index (χ0n) is 15.3. The van der Waals surface area contributed by atoms with Crippen LogP contribution in [0, 0.1) is 6.92 Å². The van der Waals surface area contributed by atoms with E-state index in [0.29, 0.717) is 24.7 Å². The molecule has 138 valence electrons. The van der Waals surface area contributed by atoms with E-state index >= 15 is 0 Å². The van der Waals surface area contributed by atoms with Gasteiger partial charge >= 0.3 is 0 Å². The standard InChI is InChI=1S/C20H23ClN2O3/c1-4-17-13(2)11-16(19(24)22(17)3)20(25)23-9-10-26-18(12-23)14-5-7-15(21)8-6-14/h5-8,11,18H,4,9-10,12H2,1-3H3/t18-/m1/s1. The average molecular weight is 375 g/mol. The van der Waals surface area contributed by atoms with E-state index in [1.165, 1.54) is 0 Å². The lowest BCUT2D eigenvalue weighted by Crippen LogP contribution is -2.44. The average Bonchev–Trinajstić information content (AvgIpc) is 2.65. The first-order valence-corrected chi connectivity index (χ1v) is 9.16. The molecular weight excluding hydrogens is 352 g/mol. The van der Waals surface area contributed by atoms with Gasteiger partial charge in [0.05, 0.1) is 13.2 Å². The Morgan fingerprint density at radius 3 is 2.65 bits per heavy atom. The highest BCUT2D eigenvalue weighted by Gasteiger charge is 2.28. The lowest BCUT2D eigenvalue weighted by Gasteiger charge is -2.33. The Labute approximate surface area is 158 Å². The second kappa shape index (κ2) is 7.64. The van der Waals surface area contributed by atoms with Gasteiger partial charge in [0, 0.05) is 24.3 Å². The van der Waals surface area contributed by atoms with Crippen LogP contribution in [0.3, 0.4) is 0 Å². The Morgan fingerprint density at radius 2 is 2.00 bits per heavy atom. The van der Waals surface area contributed by atoms with Gasteiger partial charge in [-0.15, -0.1) is 0 Å². The molecule has 0 radical (unpaired) electrons. The summed E-state index contributed by atoms with van der Waals surface area (Å²) < 4.78 is 7.40. The second-order valence-electron chi connectivity index (χ2n) is 6.57. The summed E-state index contributed by atoms with van der Waals surface area (Å²) >= 11 is 5.94. The smallest absolute Gasteiger partial charge is 0.263 e. The normalized spacial score (nSPS) is 17.4. The highest BCUT2D eigenvalue weighted by Crippen LogP contribution is 2.24. The molecule has 1 amide bonds. The summed E-state index contributed by atoms with van der Waals surface area (Å²) in [5.74, 6) is -0.237. The van der Waals surface area contributed by atoms with E-state index in [2.05, 4.69) is 0 Å². The number of carbonyl (C=O) groups excluding carboxylic acids is 1. The molecule has 1 aromatic carbocycles. The quantitative estimate of drug-likeness (QED) is 0.829. The molecule has 1 saturated heterocycles. The molecule has 0 saturated carbocycles. The summed E-state index contributed by atoms with van der Waals surface area (Å²) in [7, 11) is 1.72. The number of nitrogens with zero attached hydrogens (tertiary/aromatic N) is 2. The molecule has 3 rings (SSSR count). The number of pyridine rings is 1. The van der Waals surface area contributed by atoms with Gasteiger partial charge in [0.15, 0.2) is 0 Å². The van der Waals surface area contributed by atoms with Gasteiger partial charge < -0.3 is 14.2 Å². The zero-order valence-corrected chi connectivity index (χ0v) is 16.0. The van der Waals surface area contributed by atoms with Crippen LogP contribution >= 0.6 is 11.6 Å². The van der Waals surface area contributed by atoms with E-state index < -0.39 is 0 Å². The number of ether oxygens (including phenoxy) is 1. The molecule has 1 atom stereocenters. The number of rotatable bonds is 3. The number of benzene rings is 1. The number of hydrogen-bond acceptors (Lipinski definition) is 3. The van der Waals surface area contributed by atoms with Crippen molar-refractivity contribution < 1.29 is 9.53 Å². The number of morpholine rings is 1. The largest absolute Gasteiger partial charge is 0.370 e. The van der Waals surface area contributed by atoms with Crippen molar-refractivity contribution >= 4 is 17.5 Å². The number of aromatic nitrogens is 1. The maximum atomic E-state index is 13.0. The van der Waals surface area contributed by atoms with Crippen LogP contribution in [0.15, 0.2) is 35.1 Å². The van der Waals surface area contributed by atoms with Crippen LogP contribution in [0.1, 0.15) is 40.2 Å². The van der Waals surface area contributed by atoms with E-state index in [1.54, 1.807) is 22.6 Å². The summed E-state index contributed by atoms with van der Waals surface area (Å²) in [6, 6.07) is 9.14.